The molecule has 0 fully saturated rings. The second-order valence-electron chi connectivity index (χ2n) is 1.39. The first-order chi connectivity index (χ1) is 4.61. The monoisotopic (exact) mass is 184 g/mol. The Balaban J connectivity index is 3.31. The van der Waals surface area contributed by atoms with E-state index in [0.29, 0.717) is 0 Å². The summed E-state index contributed by atoms with van der Waals surface area (Å²) in [4.78, 5) is 5.62. The summed E-state index contributed by atoms with van der Waals surface area (Å²) in [5, 5.41) is -0.894. The highest BCUT2D eigenvalue weighted by Gasteiger charge is 2.09. The summed E-state index contributed by atoms with van der Waals surface area (Å²) in [5.41, 5.74) is 0. The van der Waals surface area contributed by atoms with Gasteiger partial charge in [-0.1, -0.05) is 23.2 Å². The van der Waals surface area contributed by atoms with Crippen LogP contribution in [0.15, 0.2) is 0 Å². The van der Waals surface area contributed by atoms with Crippen LogP contribution >= 0.6 is 23.2 Å². The van der Waals surface area contributed by atoms with E-state index in [0.717, 1.165) is 0 Å². The zero-order valence-corrected chi connectivity index (χ0v) is 5.92. The van der Waals surface area contributed by atoms with Crippen molar-refractivity contribution in [1.82, 2.24) is 9.97 Å². The van der Waals surface area contributed by atoms with Crippen molar-refractivity contribution in [1.29, 1.82) is 0 Å². The van der Waals surface area contributed by atoms with E-state index < -0.39 is 22.2 Å². The number of aromatic nitrogens is 2. The third-order valence-corrected chi connectivity index (χ3v) is 1.45. The van der Waals surface area contributed by atoms with Crippen LogP contribution in [-0.2, 0) is 0 Å². The van der Waals surface area contributed by atoms with Gasteiger partial charge < -0.3 is 0 Å². The van der Waals surface area contributed by atoms with Crippen molar-refractivity contribution in [2.24, 2.45) is 0 Å². The van der Waals surface area contributed by atoms with E-state index in [4.69, 9.17) is 23.2 Å². The molecule has 54 valence electrons. The lowest BCUT2D eigenvalue weighted by atomic mass is 10.6. The van der Waals surface area contributed by atoms with Crippen LogP contribution in [0.3, 0.4) is 0 Å². The van der Waals surface area contributed by atoms with Crippen LogP contribution in [0.1, 0.15) is 0 Å². The fourth-order valence-electron chi connectivity index (χ4n) is 0.370. The molecule has 1 aromatic rings. The minimum absolute atomic E-state index is 0.424. The molecule has 0 aliphatic rings. The summed E-state index contributed by atoms with van der Waals surface area (Å²) in [5.74, 6) is -1.15. The van der Waals surface area contributed by atoms with E-state index in [1.807, 2.05) is 0 Å². The lowest BCUT2D eigenvalue weighted by molar-refractivity contribution is 0.483. The van der Waals surface area contributed by atoms with Gasteiger partial charge in [0, 0.05) is 0 Å². The van der Waals surface area contributed by atoms with Crippen molar-refractivity contribution < 1.29 is 8.78 Å². The Kier molecular flexibility index (Phi) is 2.01. The van der Waals surface area contributed by atoms with Crippen LogP contribution < -0.4 is 0 Å². The molecule has 1 aromatic heterocycles. The summed E-state index contributed by atoms with van der Waals surface area (Å²) in [6.45, 7) is 0. The third-order valence-electron chi connectivity index (χ3n) is 0.743. The van der Waals surface area contributed by atoms with Crippen LogP contribution in [0.4, 0.5) is 8.78 Å². The second-order valence-corrected chi connectivity index (χ2v) is 2.12. The molecule has 0 saturated carbocycles. The molecule has 0 aromatic carbocycles. The SMILES string of the molecule is Fc1nc(F)c(Cl)c(Cl)n1. The maximum Gasteiger partial charge on any atom is 0.312 e. The van der Waals surface area contributed by atoms with E-state index >= 15 is 0 Å². The number of halogens is 4. The van der Waals surface area contributed by atoms with Gasteiger partial charge in [-0.25, -0.2) is 0 Å². The average Bonchev–Trinajstić information content (AvgIpc) is 1.82. The molecule has 2 nitrogen and oxygen atoms in total. The number of nitrogens with zero attached hydrogens (tertiary/aromatic N) is 2. The number of hydrogen-bond acceptors (Lipinski definition) is 2. The lowest BCUT2D eigenvalue weighted by Gasteiger charge is -1.93. The Morgan fingerprint density at radius 1 is 1.10 bits per heavy atom. The summed E-state index contributed by atoms with van der Waals surface area (Å²) in [6.07, 6.45) is -1.23. The zero-order chi connectivity index (χ0) is 7.72. The molecule has 1 rings (SSSR count). The Labute approximate surface area is 64.8 Å². The molecule has 0 unspecified atom stereocenters. The number of hydrogen-bond donors (Lipinski definition) is 0. The van der Waals surface area contributed by atoms with Gasteiger partial charge in [0.05, 0.1) is 0 Å². The van der Waals surface area contributed by atoms with Gasteiger partial charge in [-0.3, -0.25) is 0 Å². The van der Waals surface area contributed by atoms with E-state index in [-0.39, 0.29) is 0 Å². The molecule has 1 heterocycles. The minimum Gasteiger partial charge on any atom is -0.188 e. The van der Waals surface area contributed by atoms with Crippen LogP contribution in [-0.4, -0.2) is 9.97 Å². The zero-order valence-electron chi connectivity index (χ0n) is 4.41. The topological polar surface area (TPSA) is 25.8 Å². The molecular formula is C4Cl2F2N2. The summed E-state index contributed by atoms with van der Waals surface area (Å²) in [6, 6.07) is 0. The van der Waals surface area contributed by atoms with Crippen molar-refractivity contribution in [3.05, 3.63) is 22.2 Å². The van der Waals surface area contributed by atoms with Crippen LogP contribution in [0.2, 0.25) is 10.2 Å². The quantitative estimate of drug-likeness (QED) is 0.456. The molecule has 0 aliphatic carbocycles. The van der Waals surface area contributed by atoms with Gasteiger partial charge in [-0.2, -0.15) is 18.7 Å². The van der Waals surface area contributed by atoms with Crippen molar-refractivity contribution in [3.8, 4) is 0 Å². The maximum atomic E-state index is 12.2. The maximum absolute atomic E-state index is 12.2. The van der Waals surface area contributed by atoms with Crippen molar-refractivity contribution in [2.75, 3.05) is 0 Å². The lowest BCUT2D eigenvalue weighted by Crippen LogP contribution is -1.94. The molecule has 0 atom stereocenters. The van der Waals surface area contributed by atoms with Gasteiger partial charge >= 0.3 is 6.08 Å². The van der Waals surface area contributed by atoms with Gasteiger partial charge in [-0.05, 0) is 0 Å². The van der Waals surface area contributed by atoms with Gasteiger partial charge in [0.1, 0.15) is 5.02 Å². The molecule has 0 bridgehead atoms. The molecule has 0 spiro atoms. The third kappa shape index (κ3) is 1.33. The van der Waals surface area contributed by atoms with E-state index in [1.165, 1.54) is 0 Å². The Bertz CT molecular complexity index is 242. The van der Waals surface area contributed by atoms with Crippen molar-refractivity contribution >= 4 is 23.2 Å². The molecular weight excluding hydrogens is 185 g/mol. The van der Waals surface area contributed by atoms with Gasteiger partial charge in [0.15, 0.2) is 5.15 Å². The Hall–Kier alpha value is -0.480. The van der Waals surface area contributed by atoms with E-state index in [2.05, 4.69) is 9.97 Å². The van der Waals surface area contributed by atoms with Crippen molar-refractivity contribution in [3.63, 3.8) is 0 Å². The minimum atomic E-state index is -1.23. The first kappa shape index (κ1) is 7.63. The van der Waals surface area contributed by atoms with E-state index in [1.54, 1.807) is 0 Å². The second kappa shape index (κ2) is 2.64. The molecule has 0 N–H and O–H groups in total. The van der Waals surface area contributed by atoms with Gasteiger partial charge in [0.25, 0.3) is 0 Å². The molecule has 6 heteroatoms. The summed E-state index contributed by atoms with van der Waals surface area (Å²) in [7, 11) is 0. The highest BCUT2D eigenvalue weighted by Crippen LogP contribution is 2.20. The van der Waals surface area contributed by atoms with Crippen LogP contribution in [0, 0.1) is 12.0 Å². The molecule has 0 radical (unpaired) electrons. The normalized spacial score (nSPS) is 10.0. The summed E-state index contributed by atoms with van der Waals surface area (Å²) < 4.78 is 24.2. The molecule has 0 saturated heterocycles. The Morgan fingerprint density at radius 2 is 1.70 bits per heavy atom. The molecule has 0 amide bonds. The van der Waals surface area contributed by atoms with Gasteiger partial charge in [0.2, 0.25) is 5.95 Å². The van der Waals surface area contributed by atoms with E-state index in [9.17, 15) is 8.78 Å². The first-order valence-corrected chi connectivity index (χ1v) is 2.91. The highest BCUT2D eigenvalue weighted by molar-refractivity contribution is 6.41. The van der Waals surface area contributed by atoms with Crippen LogP contribution in [0.25, 0.3) is 0 Å². The Morgan fingerprint density at radius 3 is 2.20 bits per heavy atom. The van der Waals surface area contributed by atoms with Crippen molar-refractivity contribution in [2.45, 2.75) is 0 Å². The predicted molar refractivity (Wildman–Crippen MR) is 32.0 cm³/mol. The first-order valence-electron chi connectivity index (χ1n) is 2.15. The fourth-order valence-corrected chi connectivity index (χ4v) is 0.602. The standard InChI is InChI=1S/C4Cl2F2N2/c5-1-2(6)9-4(8)10-3(1)7. The smallest absolute Gasteiger partial charge is 0.188 e. The fraction of sp³-hybridized carbons (Fsp3) is 0. The number of rotatable bonds is 0. The molecule has 0 aliphatic heterocycles. The predicted octanol–water partition coefficient (Wildman–Crippen LogP) is 2.06. The molecule has 10 heavy (non-hydrogen) atoms. The highest BCUT2D eigenvalue weighted by atomic mass is 35.5. The van der Waals surface area contributed by atoms with Crippen LogP contribution in [0.5, 0.6) is 0 Å². The van der Waals surface area contributed by atoms with Gasteiger partial charge in [-0.15, -0.1) is 0 Å². The summed E-state index contributed by atoms with van der Waals surface area (Å²) >= 11 is 10.3. The largest absolute Gasteiger partial charge is 0.312 e. The average molecular weight is 185 g/mol.